The Kier molecular flexibility index (Phi) is 2.72. The van der Waals surface area contributed by atoms with Crippen molar-refractivity contribution in [2.24, 2.45) is 11.7 Å². The first-order valence-corrected chi connectivity index (χ1v) is 6.12. The predicted molar refractivity (Wildman–Crippen MR) is 70.2 cm³/mol. The molecule has 4 heteroatoms. The number of aromatic nitrogens is 1. The van der Waals surface area contributed by atoms with E-state index in [1.807, 2.05) is 35.2 Å². The minimum absolute atomic E-state index is 0.0106. The molecule has 1 aliphatic rings. The lowest BCUT2D eigenvalue weighted by Gasteiger charge is -2.38. The number of fused-ring (bicyclic) bond motifs is 1. The van der Waals surface area contributed by atoms with Crippen molar-refractivity contribution in [1.82, 2.24) is 9.88 Å². The van der Waals surface area contributed by atoms with Gasteiger partial charge in [0.1, 0.15) is 5.69 Å². The molecular formula is C14H15N3O. The highest BCUT2D eigenvalue weighted by atomic mass is 16.2. The van der Waals surface area contributed by atoms with Crippen molar-refractivity contribution in [3.63, 3.8) is 0 Å². The van der Waals surface area contributed by atoms with Crippen LogP contribution in [0.4, 0.5) is 0 Å². The molecule has 0 saturated carbocycles. The molecule has 1 fully saturated rings. The van der Waals surface area contributed by atoms with Gasteiger partial charge in [-0.15, -0.1) is 0 Å². The van der Waals surface area contributed by atoms with Crippen LogP contribution in [0.1, 0.15) is 10.5 Å². The Morgan fingerprint density at radius 2 is 2.11 bits per heavy atom. The molecule has 92 valence electrons. The van der Waals surface area contributed by atoms with Gasteiger partial charge in [0.25, 0.3) is 5.91 Å². The Hall–Kier alpha value is -1.94. The van der Waals surface area contributed by atoms with Crippen LogP contribution in [0.15, 0.2) is 36.5 Å². The zero-order chi connectivity index (χ0) is 12.5. The number of nitrogens with zero attached hydrogens (tertiary/aromatic N) is 2. The molecule has 0 spiro atoms. The second-order valence-electron chi connectivity index (χ2n) is 4.69. The van der Waals surface area contributed by atoms with Crippen molar-refractivity contribution in [3.05, 3.63) is 42.2 Å². The van der Waals surface area contributed by atoms with Gasteiger partial charge >= 0.3 is 0 Å². The maximum absolute atomic E-state index is 12.3. The SMILES string of the molecule is NCC1CN(C(=O)c2nccc3ccccc23)C1. The lowest BCUT2D eigenvalue weighted by atomic mass is 9.99. The van der Waals surface area contributed by atoms with E-state index in [9.17, 15) is 4.79 Å². The predicted octanol–water partition coefficient (Wildman–Crippen LogP) is 1.27. The Morgan fingerprint density at radius 3 is 2.89 bits per heavy atom. The number of benzene rings is 1. The standard InChI is InChI=1S/C14H15N3O/c15-7-10-8-17(9-10)14(18)13-12-4-2-1-3-11(12)5-6-16-13/h1-6,10H,7-9,15H2. The van der Waals surface area contributed by atoms with E-state index in [-0.39, 0.29) is 5.91 Å². The average molecular weight is 241 g/mol. The van der Waals surface area contributed by atoms with Crippen molar-refractivity contribution >= 4 is 16.7 Å². The van der Waals surface area contributed by atoms with E-state index in [4.69, 9.17) is 5.73 Å². The molecule has 1 aromatic heterocycles. The number of nitrogens with two attached hydrogens (primary N) is 1. The Labute approximate surface area is 105 Å². The van der Waals surface area contributed by atoms with Gasteiger partial charge in [0.15, 0.2) is 0 Å². The normalized spacial score (nSPS) is 15.7. The maximum Gasteiger partial charge on any atom is 0.273 e. The number of carbonyl (C=O) groups excluding carboxylic acids is 1. The van der Waals surface area contributed by atoms with Crippen molar-refractivity contribution in [3.8, 4) is 0 Å². The highest BCUT2D eigenvalue weighted by Gasteiger charge is 2.31. The third-order valence-electron chi connectivity index (χ3n) is 3.45. The molecule has 2 aromatic rings. The third-order valence-corrected chi connectivity index (χ3v) is 3.45. The van der Waals surface area contributed by atoms with Gasteiger partial charge in [-0.05, 0) is 18.0 Å². The quantitative estimate of drug-likeness (QED) is 0.861. The van der Waals surface area contributed by atoms with Crippen LogP contribution >= 0.6 is 0 Å². The minimum atomic E-state index is 0.0106. The first-order valence-electron chi connectivity index (χ1n) is 6.12. The average Bonchev–Trinajstić information content (AvgIpc) is 2.36. The first-order chi connectivity index (χ1) is 8.79. The molecule has 1 aromatic carbocycles. The van der Waals surface area contributed by atoms with Gasteiger partial charge in [0.05, 0.1) is 0 Å². The van der Waals surface area contributed by atoms with Gasteiger partial charge in [-0.25, -0.2) is 0 Å². The molecule has 18 heavy (non-hydrogen) atoms. The smallest absolute Gasteiger partial charge is 0.273 e. The fourth-order valence-corrected chi connectivity index (χ4v) is 2.32. The summed E-state index contributed by atoms with van der Waals surface area (Å²) in [5.41, 5.74) is 6.12. The van der Waals surface area contributed by atoms with Crippen molar-refractivity contribution < 1.29 is 4.79 Å². The van der Waals surface area contributed by atoms with E-state index in [0.29, 0.717) is 18.2 Å². The summed E-state index contributed by atoms with van der Waals surface area (Å²) in [6, 6.07) is 9.75. The fourth-order valence-electron chi connectivity index (χ4n) is 2.32. The van der Waals surface area contributed by atoms with Crippen LogP contribution in [0.25, 0.3) is 10.8 Å². The van der Waals surface area contributed by atoms with Gasteiger partial charge in [-0.1, -0.05) is 24.3 Å². The van der Waals surface area contributed by atoms with Crippen LogP contribution in [0.2, 0.25) is 0 Å². The van der Waals surface area contributed by atoms with E-state index in [1.54, 1.807) is 6.20 Å². The zero-order valence-corrected chi connectivity index (χ0v) is 10.0. The monoisotopic (exact) mass is 241 g/mol. The number of likely N-dealkylation sites (tertiary alicyclic amines) is 1. The second kappa shape index (κ2) is 4.38. The molecule has 0 unspecified atom stereocenters. The molecule has 1 amide bonds. The Balaban J connectivity index is 1.93. The van der Waals surface area contributed by atoms with Gasteiger partial charge in [-0.2, -0.15) is 0 Å². The van der Waals surface area contributed by atoms with Crippen molar-refractivity contribution in [2.45, 2.75) is 0 Å². The molecule has 0 atom stereocenters. The zero-order valence-electron chi connectivity index (χ0n) is 10.0. The van der Waals surface area contributed by atoms with Crippen molar-refractivity contribution in [2.75, 3.05) is 19.6 Å². The molecular weight excluding hydrogens is 226 g/mol. The molecule has 0 aliphatic carbocycles. The van der Waals surface area contributed by atoms with E-state index in [1.165, 1.54) is 0 Å². The van der Waals surface area contributed by atoms with Crippen LogP contribution in [0.3, 0.4) is 0 Å². The van der Waals surface area contributed by atoms with Crippen molar-refractivity contribution in [1.29, 1.82) is 0 Å². The number of hydrogen-bond donors (Lipinski definition) is 1. The summed E-state index contributed by atoms with van der Waals surface area (Å²) in [6.45, 7) is 2.15. The van der Waals surface area contributed by atoms with Gasteiger partial charge in [0.2, 0.25) is 0 Å². The fraction of sp³-hybridized carbons (Fsp3) is 0.286. The van der Waals surface area contributed by atoms with E-state index < -0.39 is 0 Å². The highest BCUT2D eigenvalue weighted by Crippen LogP contribution is 2.21. The summed E-state index contributed by atoms with van der Waals surface area (Å²) in [4.78, 5) is 18.4. The first kappa shape index (κ1) is 11.2. The van der Waals surface area contributed by atoms with Crippen LogP contribution in [-0.4, -0.2) is 35.4 Å². The second-order valence-corrected chi connectivity index (χ2v) is 4.69. The number of carbonyl (C=O) groups is 1. The molecule has 2 heterocycles. The Bertz CT molecular complexity index is 585. The molecule has 3 rings (SSSR count). The van der Waals surface area contributed by atoms with E-state index in [2.05, 4.69) is 4.98 Å². The summed E-state index contributed by atoms with van der Waals surface area (Å²) >= 11 is 0. The van der Waals surface area contributed by atoms with Gasteiger partial charge in [0, 0.05) is 30.6 Å². The molecule has 2 N–H and O–H groups in total. The highest BCUT2D eigenvalue weighted by molar-refractivity contribution is 6.05. The molecule has 4 nitrogen and oxygen atoms in total. The maximum atomic E-state index is 12.3. The molecule has 1 saturated heterocycles. The number of hydrogen-bond acceptors (Lipinski definition) is 3. The Morgan fingerprint density at radius 1 is 1.33 bits per heavy atom. The molecule has 0 radical (unpaired) electrons. The summed E-state index contributed by atoms with van der Waals surface area (Å²) in [5.74, 6) is 0.459. The summed E-state index contributed by atoms with van der Waals surface area (Å²) < 4.78 is 0. The topological polar surface area (TPSA) is 59.2 Å². The molecule has 0 bridgehead atoms. The minimum Gasteiger partial charge on any atom is -0.337 e. The van der Waals surface area contributed by atoms with Crippen LogP contribution < -0.4 is 5.73 Å². The van der Waals surface area contributed by atoms with Crippen LogP contribution in [0.5, 0.6) is 0 Å². The van der Waals surface area contributed by atoms with E-state index in [0.717, 1.165) is 23.9 Å². The van der Waals surface area contributed by atoms with E-state index >= 15 is 0 Å². The lowest BCUT2D eigenvalue weighted by Crippen LogP contribution is -2.52. The number of rotatable bonds is 2. The van der Waals surface area contributed by atoms with Crippen LogP contribution in [0, 0.1) is 5.92 Å². The lowest BCUT2D eigenvalue weighted by molar-refractivity contribution is 0.0511. The summed E-state index contributed by atoms with van der Waals surface area (Å²) in [6.07, 6.45) is 1.69. The third kappa shape index (κ3) is 1.75. The number of amides is 1. The summed E-state index contributed by atoms with van der Waals surface area (Å²) in [7, 11) is 0. The largest absolute Gasteiger partial charge is 0.337 e. The summed E-state index contributed by atoms with van der Waals surface area (Å²) in [5, 5.41) is 1.97. The molecule has 1 aliphatic heterocycles. The van der Waals surface area contributed by atoms with Gasteiger partial charge < -0.3 is 10.6 Å². The number of pyridine rings is 1. The van der Waals surface area contributed by atoms with Gasteiger partial charge in [-0.3, -0.25) is 9.78 Å². The van der Waals surface area contributed by atoms with Crippen LogP contribution in [-0.2, 0) is 0 Å².